The highest BCUT2D eigenvalue weighted by atomic mass is 32.1. The summed E-state index contributed by atoms with van der Waals surface area (Å²) >= 11 is 1.25. The molecule has 2 heterocycles. The first kappa shape index (κ1) is 20.4. The number of rotatable bonds is 7. The Morgan fingerprint density at radius 3 is 2.77 bits per heavy atom. The molecule has 0 unspecified atom stereocenters. The second-order valence-electron chi connectivity index (χ2n) is 6.24. The highest BCUT2D eigenvalue weighted by molar-refractivity contribution is 7.14. The number of carbonyl (C=O) groups excluding carboxylic acids is 2. The van der Waals surface area contributed by atoms with Crippen molar-refractivity contribution in [2.45, 2.75) is 0 Å². The molecule has 31 heavy (non-hydrogen) atoms. The smallest absolute Gasteiger partial charge is 0.340 e. The Hall–Kier alpha value is -3.92. The Bertz CT molecular complexity index is 1250. The minimum Gasteiger partial charge on any atom is -0.493 e. The van der Waals surface area contributed by atoms with Gasteiger partial charge in [-0.05, 0) is 30.3 Å². The second-order valence-corrected chi connectivity index (χ2v) is 7.09. The number of thiazole rings is 1. The molecule has 4 rings (SSSR count). The predicted octanol–water partition coefficient (Wildman–Crippen LogP) is 3.76. The van der Waals surface area contributed by atoms with E-state index in [9.17, 15) is 9.59 Å². The number of benzene rings is 2. The number of esters is 1. The number of aromatic nitrogens is 2. The van der Waals surface area contributed by atoms with Crippen LogP contribution in [0.15, 0.2) is 52.6 Å². The SMILES string of the molecule is COc1ccc(-c2csc(NC(=O)COC(=O)c3cccc4ocnc34)n2)cc1OC. The number of hydrogen-bond acceptors (Lipinski definition) is 9. The maximum absolute atomic E-state index is 12.3. The summed E-state index contributed by atoms with van der Waals surface area (Å²) in [5, 5.41) is 4.80. The van der Waals surface area contributed by atoms with E-state index in [0.717, 1.165) is 5.56 Å². The van der Waals surface area contributed by atoms with Gasteiger partial charge in [0.15, 0.2) is 35.2 Å². The van der Waals surface area contributed by atoms with Crippen molar-refractivity contribution in [1.82, 2.24) is 9.97 Å². The molecule has 2 aromatic carbocycles. The maximum atomic E-state index is 12.3. The number of anilines is 1. The normalized spacial score (nSPS) is 10.6. The van der Waals surface area contributed by atoms with Crippen molar-refractivity contribution in [3.63, 3.8) is 0 Å². The second kappa shape index (κ2) is 8.84. The van der Waals surface area contributed by atoms with Gasteiger partial charge in [0.25, 0.3) is 5.91 Å². The monoisotopic (exact) mass is 439 g/mol. The molecule has 1 N–H and O–H groups in total. The first-order chi connectivity index (χ1) is 15.1. The van der Waals surface area contributed by atoms with Crippen molar-refractivity contribution in [1.29, 1.82) is 0 Å². The number of nitrogens with one attached hydrogen (secondary N) is 1. The van der Waals surface area contributed by atoms with Crippen LogP contribution in [0.4, 0.5) is 5.13 Å². The number of oxazole rings is 1. The van der Waals surface area contributed by atoms with Gasteiger partial charge in [0.05, 0.1) is 25.5 Å². The number of methoxy groups -OCH3 is 2. The van der Waals surface area contributed by atoms with Crippen molar-refractivity contribution in [3.8, 4) is 22.8 Å². The summed E-state index contributed by atoms with van der Waals surface area (Å²) in [6.45, 7) is -0.460. The van der Waals surface area contributed by atoms with Crippen LogP contribution in [-0.2, 0) is 9.53 Å². The summed E-state index contributed by atoms with van der Waals surface area (Å²) in [6, 6.07) is 10.3. The Morgan fingerprint density at radius 2 is 1.97 bits per heavy atom. The highest BCUT2D eigenvalue weighted by Crippen LogP contribution is 2.33. The lowest BCUT2D eigenvalue weighted by atomic mass is 10.1. The van der Waals surface area contributed by atoms with Gasteiger partial charge < -0.3 is 18.6 Å². The third-order valence-corrected chi connectivity index (χ3v) is 5.10. The zero-order valence-corrected chi connectivity index (χ0v) is 17.4. The number of carbonyl (C=O) groups is 2. The highest BCUT2D eigenvalue weighted by Gasteiger charge is 2.16. The molecule has 9 nitrogen and oxygen atoms in total. The van der Waals surface area contributed by atoms with Crippen LogP contribution in [0.25, 0.3) is 22.4 Å². The molecule has 0 fully saturated rings. The Balaban J connectivity index is 1.38. The summed E-state index contributed by atoms with van der Waals surface area (Å²) in [5.41, 5.74) is 2.54. The summed E-state index contributed by atoms with van der Waals surface area (Å²) in [7, 11) is 3.12. The van der Waals surface area contributed by atoms with Gasteiger partial charge in [-0.25, -0.2) is 14.8 Å². The number of fused-ring (bicyclic) bond motifs is 1. The molecule has 10 heteroatoms. The van der Waals surface area contributed by atoms with Crippen LogP contribution in [0.3, 0.4) is 0 Å². The minimum atomic E-state index is -0.667. The topological polar surface area (TPSA) is 113 Å². The van der Waals surface area contributed by atoms with E-state index in [4.69, 9.17) is 18.6 Å². The molecule has 4 aromatic rings. The van der Waals surface area contributed by atoms with Crippen LogP contribution < -0.4 is 14.8 Å². The average molecular weight is 439 g/mol. The van der Waals surface area contributed by atoms with E-state index in [1.807, 2.05) is 6.07 Å². The van der Waals surface area contributed by atoms with Gasteiger partial charge in [-0.15, -0.1) is 11.3 Å². The van der Waals surface area contributed by atoms with Gasteiger partial charge in [0.1, 0.15) is 5.52 Å². The predicted molar refractivity (Wildman–Crippen MR) is 114 cm³/mol. The average Bonchev–Trinajstić information content (AvgIpc) is 3.46. The molecule has 158 valence electrons. The Morgan fingerprint density at radius 1 is 1.13 bits per heavy atom. The van der Waals surface area contributed by atoms with Crippen LogP contribution >= 0.6 is 11.3 Å². The molecule has 0 bridgehead atoms. The van der Waals surface area contributed by atoms with Crippen LogP contribution in [0, 0.1) is 0 Å². The van der Waals surface area contributed by atoms with Crippen molar-refractivity contribution in [2.75, 3.05) is 26.1 Å². The van der Waals surface area contributed by atoms with Gasteiger partial charge in [0.2, 0.25) is 0 Å². The van der Waals surface area contributed by atoms with Gasteiger partial charge in [-0.2, -0.15) is 0 Å². The fourth-order valence-corrected chi connectivity index (χ4v) is 3.61. The van der Waals surface area contributed by atoms with Crippen LogP contribution in [0.1, 0.15) is 10.4 Å². The van der Waals surface area contributed by atoms with E-state index in [1.54, 1.807) is 49.9 Å². The van der Waals surface area contributed by atoms with Crippen molar-refractivity contribution >= 4 is 39.4 Å². The summed E-state index contributed by atoms with van der Waals surface area (Å²) in [4.78, 5) is 32.9. The van der Waals surface area contributed by atoms with Gasteiger partial charge in [-0.1, -0.05) is 6.07 Å². The molecule has 2 aromatic heterocycles. The molecule has 0 saturated carbocycles. The quantitative estimate of drug-likeness (QED) is 0.433. The Kier molecular flexibility index (Phi) is 5.80. The molecular formula is C21H17N3O6S. The van der Waals surface area contributed by atoms with Crippen LogP contribution in [-0.4, -0.2) is 42.7 Å². The number of ether oxygens (including phenoxy) is 3. The first-order valence-electron chi connectivity index (χ1n) is 9.06. The molecule has 1 amide bonds. The van der Waals surface area contributed by atoms with Crippen LogP contribution in [0.5, 0.6) is 11.5 Å². The van der Waals surface area contributed by atoms with E-state index in [0.29, 0.717) is 33.4 Å². The fraction of sp³-hybridized carbons (Fsp3) is 0.143. The summed E-state index contributed by atoms with van der Waals surface area (Å²) in [5.74, 6) is 0.0134. The fourth-order valence-electron chi connectivity index (χ4n) is 2.87. The van der Waals surface area contributed by atoms with Gasteiger partial charge in [0, 0.05) is 10.9 Å². The third-order valence-electron chi connectivity index (χ3n) is 4.34. The standard InChI is InChI=1S/C21H17N3O6S/c1-27-15-7-6-12(8-17(15)28-2)14-10-31-21(23-14)24-18(25)9-29-20(26)13-4-3-5-16-19(13)22-11-30-16/h3-8,10-11H,9H2,1-2H3,(H,23,24,25). The van der Waals surface area contributed by atoms with Gasteiger partial charge in [-0.3, -0.25) is 10.1 Å². The van der Waals surface area contributed by atoms with Gasteiger partial charge >= 0.3 is 5.97 Å². The zero-order chi connectivity index (χ0) is 21.8. The van der Waals surface area contributed by atoms with Crippen molar-refractivity contribution in [2.24, 2.45) is 0 Å². The summed E-state index contributed by atoms with van der Waals surface area (Å²) in [6.07, 6.45) is 1.24. The van der Waals surface area contributed by atoms with E-state index < -0.39 is 18.5 Å². The lowest BCUT2D eigenvalue weighted by Gasteiger charge is -2.08. The van der Waals surface area contributed by atoms with E-state index in [1.165, 1.54) is 17.7 Å². The molecule has 0 radical (unpaired) electrons. The maximum Gasteiger partial charge on any atom is 0.340 e. The molecule has 0 aliphatic heterocycles. The number of hydrogen-bond donors (Lipinski definition) is 1. The molecule has 0 spiro atoms. The van der Waals surface area contributed by atoms with E-state index >= 15 is 0 Å². The molecule has 0 saturated heterocycles. The number of amides is 1. The third kappa shape index (κ3) is 4.33. The van der Waals surface area contributed by atoms with E-state index in [-0.39, 0.29) is 5.56 Å². The van der Waals surface area contributed by atoms with E-state index in [2.05, 4.69) is 15.3 Å². The first-order valence-corrected chi connectivity index (χ1v) is 9.94. The lowest BCUT2D eigenvalue weighted by Crippen LogP contribution is -2.21. The molecule has 0 atom stereocenters. The lowest BCUT2D eigenvalue weighted by molar-refractivity contribution is -0.119. The summed E-state index contributed by atoms with van der Waals surface area (Å²) < 4.78 is 20.8. The number of para-hydroxylation sites is 1. The minimum absolute atomic E-state index is 0.226. The molecular weight excluding hydrogens is 422 g/mol. The molecule has 0 aliphatic carbocycles. The largest absolute Gasteiger partial charge is 0.493 e. The Labute approximate surface area is 180 Å². The zero-order valence-electron chi connectivity index (χ0n) is 16.6. The van der Waals surface area contributed by atoms with Crippen LogP contribution in [0.2, 0.25) is 0 Å². The number of nitrogens with zero attached hydrogens (tertiary/aromatic N) is 2. The molecule has 0 aliphatic rings. The van der Waals surface area contributed by atoms with Crippen molar-refractivity contribution in [3.05, 3.63) is 53.7 Å². The van der Waals surface area contributed by atoms with Crippen molar-refractivity contribution < 1.29 is 28.2 Å².